The molecule has 0 bridgehead atoms. The number of phenolic OH excluding ortho intramolecular Hbond substituents is 1. The van der Waals surface area contributed by atoms with Crippen LogP contribution in [0.4, 0.5) is 10.5 Å². The number of phenols is 1. The average molecular weight is 754 g/mol. The molecule has 5 aromatic rings. The van der Waals surface area contributed by atoms with Crippen LogP contribution in [0.2, 0.25) is 0 Å². The molecular weight excluding hydrogens is 707 g/mol. The third kappa shape index (κ3) is 7.39. The Morgan fingerprint density at radius 3 is 2.29 bits per heavy atom. The molecule has 8 rings (SSSR count). The van der Waals surface area contributed by atoms with Gasteiger partial charge >= 0.3 is 6.09 Å². The van der Waals surface area contributed by atoms with Crippen molar-refractivity contribution >= 4 is 23.6 Å². The first-order valence-electron chi connectivity index (χ1n) is 19.3. The largest absolute Gasteiger partial charge is 0.508 e. The Balaban J connectivity index is 1.19. The Bertz CT molecular complexity index is 2260. The summed E-state index contributed by atoms with van der Waals surface area (Å²) in [5.74, 6) is 0.301. The van der Waals surface area contributed by atoms with Crippen molar-refractivity contribution in [3.8, 4) is 17.2 Å². The highest BCUT2D eigenvalue weighted by atomic mass is 16.6. The lowest BCUT2D eigenvalue weighted by Gasteiger charge is -2.41. The van der Waals surface area contributed by atoms with E-state index in [2.05, 4.69) is 29.2 Å². The zero-order chi connectivity index (χ0) is 38.9. The van der Waals surface area contributed by atoms with E-state index in [0.29, 0.717) is 67.5 Å². The quantitative estimate of drug-likeness (QED) is 0.201. The first kappa shape index (κ1) is 37.0. The zero-order valence-electron chi connectivity index (χ0n) is 32.1. The molecule has 11 heteroatoms. The molecular formula is C45H47N5O6. The van der Waals surface area contributed by atoms with Crippen LogP contribution in [0.15, 0.2) is 97.2 Å². The number of carbonyl (C=O) groups excluding carboxylic acids is 3. The Morgan fingerprint density at radius 2 is 1.54 bits per heavy atom. The summed E-state index contributed by atoms with van der Waals surface area (Å²) in [6.07, 6.45) is 2.72. The highest BCUT2D eigenvalue weighted by Crippen LogP contribution is 2.34. The second-order valence-corrected chi connectivity index (χ2v) is 15.0. The van der Waals surface area contributed by atoms with Crippen LogP contribution in [0.5, 0.6) is 11.5 Å². The van der Waals surface area contributed by atoms with Crippen molar-refractivity contribution in [3.05, 3.63) is 142 Å². The molecule has 0 unspecified atom stereocenters. The van der Waals surface area contributed by atoms with Crippen LogP contribution in [0.25, 0.3) is 5.69 Å². The lowest BCUT2D eigenvalue weighted by molar-refractivity contribution is 0.0193. The summed E-state index contributed by atoms with van der Waals surface area (Å²) in [7, 11) is 1.71. The summed E-state index contributed by atoms with van der Waals surface area (Å²) < 4.78 is 13.3. The van der Waals surface area contributed by atoms with Crippen molar-refractivity contribution in [1.29, 1.82) is 0 Å². The fourth-order valence-corrected chi connectivity index (χ4v) is 8.14. The molecule has 1 fully saturated rings. The molecule has 3 amide bonds. The number of fused-ring (bicyclic) bond motifs is 2. The van der Waals surface area contributed by atoms with Crippen LogP contribution >= 0.6 is 0 Å². The van der Waals surface area contributed by atoms with Gasteiger partial charge in [0.25, 0.3) is 11.8 Å². The van der Waals surface area contributed by atoms with Crippen molar-refractivity contribution in [2.24, 2.45) is 0 Å². The van der Waals surface area contributed by atoms with Crippen LogP contribution in [-0.4, -0.2) is 94.8 Å². The molecule has 288 valence electrons. The van der Waals surface area contributed by atoms with Crippen LogP contribution in [0, 0.1) is 13.8 Å². The third-order valence-corrected chi connectivity index (χ3v) is 11.6. The smallest absolute Gasteiger partial charge is 0.415 e. The number of hydrogen-bond acceptors (Lipinski definition) is 7. The molecule has 4 heterocycles. The van der Waals surface area contributed by atoms with Crippen molar-refractivity contribution in [2.75, 3.05) is 51.3 Å². The van der Waals surface area contributed by atoms with E-state index in [4.69, 9.17) is 9.47 Å². The third-order valence-electron chi connectivity index (χ3n) is 11.6. The topological polar surface area (TPSA) is 108 Å². The summed E-state index contributed by atoms with van der Waals surface area (Å²) in [4.78, 5) is 50.4. The van der Waals surface area contributed by atoms with E-state index in [1.165, 1.54) is 5.56 Å². The van der Waals surface area contributed by atoms with Gasteiger partial charge in [-0.25, -0.2) is 4.79 Å². The van der Waals surface area contributed by atoms with Gasteiger partial charge in [-0.2, -0.15) is 0 Å². The Labute approximate surface area is 327 Å². The standard InChI is InChI=1S/C45H47N5O6/c1-30-31(2)49(29-41(30)43(52)46(3)36-13-15-38(51)16-14-36)42-25-33-17-18-48(45(54)56-39-11-5-4-6-12-39)26-35(33)24-40(42)44(53)50-27-34-10-8-7-9-32(34)23-37(50)28-47-19-21-55-22-20-47/h4-16,24-25,29,37,51H,17-23,26-28H2,1-3H3/t37-/m0/s1. The van der Waals surface area contributed by atoms with Gasteiger partial charge in [0.2, 0.25) is 0 Å². The number of ether oxygens (including phenoxy) is 2. The molecule has 1 saturated heterocycles. The number of aromatic hydroxyl groups is 1. The minimum Gasteiger partial charge on any atom is -0.508 e. The normalized spacial score (nSPS) is 16.9. The maximum Gasteiger partial charge on any atom is 0.415 e. The second kappa shape index (κ2) is 15.7. The fourth-order valence-electron chi connectivity index (χ4n) is 8.14. The van der Waals surface area contributed by atoms with Crippen molar-refractivity contribution in [3.63, 3.8) is 0 Å². The average Bonchev–Trinajstić information content (AvgIpc) is 3.52. The number of morpholine rings is 1. The molecule has 0 aliphatic carbocycles. The number of benzene rings is 4. The van der Waals surface area contributed by atoms with Crippen molar-refractivity contribution < 1.29 is 29.0 Å². The molecule has 1 N–H and O–H groups in total. The Morgan fingerprint density at radius 1 is 0.821 bits per heavy atom. The van der Waals surface area contributed by atoms with Gasteiger partial charge in [0, 0.05) is 69.9 Å². The van der Waals surface area contributed by atoms with Gasteiger partial charge in [-0.05, 0) is 103 Å². The first-order chi connectivity index (χ1) is 27.1. The highest BCUT2D eigenvalue weighted by Gasteiger charge is 2.35. The molecule has 1 aromatic heterocycles. The molecule has 0 spiro atoms. The second-order valence-electron chi connectivity index (χ2n) is 15.0. The number of rotatable bonds is 7. The first-order valence-corrected chi connectivity index (χ1v) is 19.3. The number of anilines is 1. The van der Waals surface area contributed by atoms with Crippen molar-refractivity contribution in [1.82, 2.24) is 19.3 Å². The zero-order valence-corrected chi connectivity index (χ0v) is 32.1. The van der Waals surface area contributed by atoms with Gasteiger partial charge in [-0.1, -0.05) is 42.5 Å². The van der Waals surface area contributed by atoms with E-state index in [1.54, 1.807) is 53.2 Å². The summed E-state index contributed by atoms with van der Waals surface area (Å²) in [6, 6.07) is 27.9. The molecule has 3 aliphatic heterocycles. The van der Waals surface area contributed by atoms with E-state index in [-0.39, 0.29) is 23.6 Å². The maximum absolute atomic E-state index is 15.3. The molecule has 11 nitrogen and oxygen atoms in total. The SMILES string of the molecule is Cc1c(C(=O)N(C)c2ccc(O)cc2)cn(-c2cc3c(cc2C(=O)N2Cc4ccccc4C[C@H]2CN2CCOCC2)CN(C(=O)Oc2ccccc2)CC3)c1C. The van der Waals surface area contributed by atoms with Crippen LogP contribution in [0.3, 0.4) is 0 Å². The van der Waals surface area contributed by atoms with Crippen LogP contribution in [-0.2, 0) is 30.7 Å². The predicted molar refractivity (Wildman–Crippen MR) is 214 cm³/mol. The lowest BCUT2D eigenvalue weighted by atomic mass is 9.91. The highest BCUT2D eigenvalue weighted by molar-refractivity contribution is 6.07. The molecule has 0 radical (unpaired) electrons. The Kier molecular flexibility index (Phi) is 10.4. The van der Waals surface area contributed by atoms with Gasteiger partial charge in [0.1, 0.15) is 11.5 Å². The van der Waals surface area contributed by atoms with E-state index in [1.807, 2.05) is 59.8 Å². The summed E-state index contributed by atoms with van der Waals surface area (Å²) in [5, 5.41) is 9.83. The molecule has 4 aromatic carbocycles. The number of hydrogen-bond donors (Lipinski definition) is 1. The molecule has 56 heavy (non-hydrogen) atoms. The van der Waals surface area contributed by atoms with Gasteiger partial charge in [0.15, 0.2) is 0 Å². The number of nitrogens with zero attached hydrogens (tertiary/aromatic N) is 5. The van der Waals surface area contributed by atoms with Crippen LogP contribution in [0.1, 0.15) is 54.2 Å². The van der Waals surface area contributed by atoms with Gasteiger partial charge in [-0.3, -0.25) is 14.5 Å². The fraction of sp³-hybridized carbons (Fsp3) is 0.311. The van der Waals surface area contributed by atoms with Crippen LogP contribution < -0.4 is 9.64 Å². The number of amides is 3. The maximum atomic E-state index is 15.3. The van der Waals surface area contributed by atoms with E-state index in [9.17, 15) is 14.7 Å². The lowest BCUT2D eigenvalue weighted by Crippen LogP contribution is -2.52. The molecule has 3 aliphatic rings. The Hall–Kier alpha value is -5.91. The number of para-hydroxylation sites is 1. The summed E-state index contributed by atoms with van der Waals surface area (Å²) >= 11 is 0. The number of carbonyl (C=O) groups is 3. The van der Waals surface area contributed by atoms with Gasteiger partial charge in [0.05, 0.1) is 30.0 Å². The van der Waals surface area contributed by atoms with E-state index >= 15 is 4.79 Å². The van der Waals surface area contributed by atoms with Gasteiger partial charge in [-0.15, -0.1) is 0 Å². The molecule has 0 saturated carbocycles. The van der Waals surface area contributed by atoms with Gasteiger partial charge < -0.3 is 33.8 Å². The van der Waals surface area contributed by atoms with E-state index in [0.717, 1.165) is 54.0 Å². The van der Waals surface area contributed by atoms with Crippen molar-refractivity contribution in [2.45, 2.75) is 45.8 Å². The summed E-state index contributed by atoms with van der Waals surface area (Å²) in [5.41, 5.74) is 8.34. The summed E-state index contributed by atoms with van der Waals surface area (Å²) in [6.45, 7) is 8.84. The van der Waals surface area contributed by atoms with E-state index < -0.39 is 6.09 Å². The molecule has 1 atom stereocenters. The monoisotopic (exact) mass is 753 g/mol. The minimum absolute atomic E-state index is 0.0691. The predicted octanol–water partition coefficient (Wildman–Crippen LogP) is 6.53. The number of aromatic nitrogens is 1. The minimum atomic E-state index is -0.435.